The zero-order chi connectivity index (χ0) is 10.1. The molecule has 0 aliphatic rings. The molecule has 1 aromatic heterocycles. The fraction of sp³-hybridized carbons (Fsp3) is 0.100. The van der Waals surface area contributed by atoms with Crippen LogP contribution in [0.4, 0.5) is 0 Å². The number of hydrogen-bond donors (Lipinski definition) is 2. The quantitative estimate of drug-likeness (QED) is 0.778. The van der Waals surface area contributed by atoms with Crippen LogP contribution in [0.2, 0.25) is 5.15 Å². The van der Waals surface area contributed by atoms with Crippen LogP contribution in [-0.4, -0.2) is 10.9 Å². The van der Waals surface area contributed by atoms with Gasteiger partial charge in [0.05, 0.1) is 6.42 Å². The molecule has 3 N–H and O–H groups in total. The lowest BCUT2D eigenvalue weighted by atomic mass is 10.1. The third-order valence-corrected chi connectivity index (χ3v) is 2.44. The van der Waals surface area contributed by atoms with Crippen molar-refractivity contribution in [3.8, 4) is 0 Å². The lowest BCUT2D eigenvalue weighted by Gasteiger charge is -1.95. The number of carbonyl (C=O) groups is 1. The number of carbonyl (C=O) groups excluding carboxylic acids is 1. The van der Waals surface area contributed by atoms with Crippen LogP contribution in [0.25, 0.3) is 10.9 Å². The number of rotatable bonds is 2. The number of amides is 1. The third kappa shape index (κ3) is 1.46. The Hall–Kier alpha value is -1.48. The van der Waals surface area contributed by atoms with Gasteiger partial charge in [-0.1, -0.05) is 29.8 Å². The highest BCUT2D eigenvalue weighted by atomic mass is 35.5. The SMILES string of the molecule is NC(=O)Cc1c(Cl)[nH]c2ccccc12. The summed E-state index contributed by atoms with van der Waals surface area (Å²) in [5.41, 5.74) is 6.83. The molecule has 0 saturated carbocycles. The largest absolute Gasteiger partial charge is 0.369 e. The average molecular weight is 209 g/mol. The predicted octanol–water partition coefficient (Wildman–Crippen LogP) is 1.85. The second-order valence-electron chi connectivity index (χ2n) is 3.11. The van der Waals surface area contributed by atoms with E-state index in [0.717, 1.165) is 16.5 Å². The topological polar surface area (TPSA) is 58.9 Å². The predicted molar refractivity (Wildman–Crippen MR) is 56.2 cm³/mol. The maximum atomic E-state index is 10.8. The van der Waals surface area contributed by atoms with Crippen molar-refractivity contribution in [1.82, 2.24) is 4.98 Å². The molecule has 14 heavy (non-hydrogen) atoms. The van der Waals surface area contributed by atoms with Gasteiger partial charge in [0, 0.05) is 16.5 Å². The number of fused-ring (bicyclic) bond motifs is 1. The first-order valence-corrected chi connectivity index (χ1v) is 4.59. The maximum absolute atomic E-state index is 10.8. The van der Waals surface area contributed by atoms with Gasteiger partial charge in [0.15, 0.2) is 0 Å². The van der Waals surface area contributed by atoms with Crippen molar-refractivity contribution in [2.75, 3.05) is 0 Å². The van der Waals surface area contributed by atoms with Crippen molar-refractivity contribution in [3.05, 3.63) is 35.0 Å². The van der Waals surface area contributed by atoms with Crippen molar-refractivity contribution in [1.29, 1.82) is 0 Å². The van der Waals surface area contributed by atoms with E-state index in [0.29, 0.717) is 5.15 Å². The number of benzene rings is 1. The molecule has 1 amide bonds. The number of aromatic amines is 1. The molecule has 0 atom stereocenters. The molecule has 4 heteroatoms. The Morgan fingerprint density at radius 1 is 1.43 bits per heavy atom. The summed E-state index contributed by atoms with van der Waals surface area (Å²) < 4.78 is 0. The molecule has 2 aromatic rings. The fourth-order valence-corrected chi connectivity index (χ4v) is 1.78. The smallest absolute Gasteiger partial charge is 0.221 e. The van der Waals surface area contributed by atoms with Crippen molar-refractivity contribution < 1.29 is 4.79 Å². The number of nitrogens with two attached hydrogens (primary N) is 1. The highest BCUT2D eigenvalue weighted by molar-refractivity contribution is 6.32. The van der Waals surface area contributed by atoms with Crippen molar-refractivity contribution >= 4 is 28.4 Å². The number of halogens is 1. The monoisotopic (exact) mass is 208 g/mol. The standard InChI is InChI=1S/C10H9ClN2O/c11-10-7(5-9(12)14)6-3-1-2-4-8(6)13-10/h1-4,13H,5H2,(H2,12,14). The Morgan fingerprint density at radius 3 is 2.86 bits per heavy atom. The Bertz CT molecular complexity index is 490. The van der Waals surface area contributed by atoms with Gasteiger partial charge in [0.1, 0.15) is 5.15 Å². The molecule has 3 nitrogen and oxygen atoms in total. The summed E-state index contributed by atoms with van der Waals surface area (Å²) >= 11 is 5.95. The summed E-state index contributed by atoms with van der Waals surface area (Å²) in [6, 6.07) is 7.63. The third-order valence-electron chi connectivity index (χ3n) is 2.11. The number of aromatic nitrogens is 1. The summed E-state index contributed by atoms with van der Waals surface area (Å²) in [6.45, 7) is 0. The molecule has 1 heterocycles. The van der Waals surface area contributed by atoms with E-state index in [4.69, 9.17) is 17.3 Å². The molecule has 2 rings (SSSR count). The van der Waals surface area contributed by atoms with Crippen LogP contribution < -0.4 is 5.73 Å². The lowest BCUT2D eigenvalue weighted by molar-refractivity contribution is -0.117. The van der Waals surface area contributed by atoms with Crippen LogP contribution in [0.1, 0.15) is 5.56 Å². The Morgan fingerprint density at radius 2 is 2.14 bits per heavy atom. The molecule has 0 aliphatic heterocycles. The zero-order valence-electron chi connectivity index (χ0n) is 7.38. The van der Waals surface area contributed by atoms with E-state index in [2.05, 4.69) is 4.98 Å². The molecule has 0 radical (unpaired) electrons. The number of para-hydroxylation sites is 1. The Balaban J connectivity index is 2.62. The highest BCUT2D eigenvalue weighted by Gasteiger charge is 2.10. The van der Waals surface area contributed by atoms with E-state index in [9.17, 15) is 4.79 Å². The summed E-state index contributed by atoms with van der Waals surface area (Å²) in [6.07, 6.45) is 0.169. The lowest BCUT2D eigenvalue weighted by Crippen LogP contribution is -2.13. The van der Waals surface area contributed by atoms with Gasteiger partial charge in [0.25, 0.3) is 0 Å². The van der Waals surface area contributed by atoms with Gasteiger partial charge in [0.2, 0.25) is 5.91 Å². The number of nitrogens with one attached hydrogen (secondary N) is 1. The zero-order valence-corrected chi connectivity index (χ0v) is 8.14. The van der Waals surface area contributed by atoms with Crippen LogP contribution in [0.3, 0.4) is 0 Å². The van der Waals surface area contributed by atoms with Gasteiger partial charge in [-0.05, 0) is 6.07 Å². The minimum Gasteiger partial charge on any atom is -0.369 e. The van der Waals surface area contributed by atoms with E-state index in [1.165, 1.54) is 0 Å². The van der Waals surface area contributed by atoms with Crippen LogP contribution in [-0.2, 0) is 11.2 Å². The second kappa shape index (κ2) is 3.35. The van der Waals surface area contributed by atoms with Gasteiger partial charge in [-0.15, -0.1) is 0 Å². The molecule has 0 spiro atoms. The maximum Gasteiger partial charge on any atom is 0.221 e. The molecular weight excluding hydrogens is 200 g/mol. The number of hydrogen-bond acceptors (Lipinski definition) is 1. The van der Waals surface area contributed by atoms with Crippen LogP contribution in [0.5, 0.6) is 0 Å². The molecule has 72 valence electrons. The average Bonchev–Trinajstić information content (AvgIpc) is 2.43. The normalized spacial score (nSPS) is 10.6. The first-order valence-electron chi connectivity index (χ1n) is 4.22. The number of primary amides is 1. The molecule has 0 aliphatic carbocycles. The molecule has 0 saturated heterocycles. The van der Waals surface area contributed by atoms with E-state index < -0.39 is 0 Å². The van der Waals surface area contributed by atoms with E-state index >= 15 is 0 Å². The van der Waals surface area contributed by atoms with Gasteiger partial charge >= 0.3 is 0 Å². The first kappa shape index (κ1) is 9.09. The summed E-state index contributed by atoms with van der Waals surface area (Å²) in [7, 11) is 0. The molecule has 0 bridgehead atoms. The molecule has 1 aromatic carbocycles. The summed E-state index contributed by atoms with van der Waals surface area (Å²) in [5.74, 6) is -0.378. The minimum atomic E-state index is -0.378. The molecule has 0 unspecified atom stereocenters. The van der Waals surface area contributed by atoms with Crippen molar-refractivity contribution in [2.45, 2.75) is 6.42 Å². The van der Waals surface area contributed by atoms with E-state index in [1.807, 2.05) is 24.3 Å². The number of H-pyrrole nitrogens is 1. The van der Waals surface area contributed by atoms with E-state index in [-0.39, 0.29) is 12.3 Å². The van der Waals surface area contributed by atoms with Gasteiger partial charge in [-0.3, -0.25) is 4.79 Å². The second-order valence-corrected chi connectivity index (χ2v) is 3.48. The van der Waals surface area contributed by atoms with Crippen LogP contribution >= 0.6 is 11.6 Å². The van der Waals surface area contributed by atoms with Crippen molar-refractivity contribution in [3.63, 3.8) is 0 Å². The van der Waals surface area contributed by atoms with Gasteiger partial charge < -0.3 is 10.7 Å². The van der Waals surface area contributed by atoms with Crippen LogP contribution in [0.15, 0.2) is 24.3 Å². The van der Waals surface area contributed by atoms with Crippen molar-refractivity contribution in [2.24, 2.45) is 5.73 Å². The Kier molecular flexibility index (Phi) is 2.17. The fourth-order valence-electron chi connectivity index (χ4n) is 1.51. The van der Waals surface area contributed by atoms with Crippen LogP contribution in [0, 0.1) is 0 Å². The summed E-state index contributed by atoms with van der Waals surface area (Å²) in [5, 5.41) is 1.45. The first-order chi connectivity index (χ1) is 6.68. The Labute approximate surface area is 85.9 Å². The van der Waals surface area contributed by atoms with Gasteiger partial charge in [-0.25, -0.2) is 0 Å². The van der Waals surface area contributed by atoms with E-state index in [1.54, 1.807) is 0 Å². The summed E-state index contributed by atoms with van der Waals surface area (Å²) in [4.78, 5) is 13.8. The molecule has 0 fully saturated rings. The minimum absolute atomic E-state index is 0.169. The highest BCUT2D eigenvalue weighted by Crippen LogP contribution is 2.25. The molecular formula is C10H9ClN2O. The van der Waals surface area contributed by atoms with Gasteiger partial charge in [-0.2, -0.15) is 0 Å².